The molecule has 1 aromatic carbocycles. The first-order chi connectivity index (χ1) is 16.3. The molecular formula is C27H23ClFN5. The van der Waals surface area contributed by atoms with Crippen molar-refractivity contribution in [1.82, 2.24) is 9.97 Å². The highest BCUT2D eigenvalue weighted by atomic mass is 35.5. The number of aromatic nitrogens is 2. The molecule has 3 heterocycles. The molecule has 0 amide bonds. The summed E-state index contributed by atoms with van der Waals surface area (Å²) in [7, 11) is 0. The van der Waals surface area contributed by atoms with Crippen molar-refractivity contribution in [2.75, 3.05) is 11.9 Å². The molecule has 34 heavy (non-hydrogen) atoms. The van der Waals surface area contributed by atoms with Gasteiger partial charge in [-0.2, -0.15) is 10.5 Å². The highest BCUT2D eigenvalue weighted by molar-refractivity contribution is 6.34. The first-order valence-electron chi connectivity index (χ1n) is 11.3. The Bertz CT molecular complexity index is 1410. The second-order valence-corrected chi connectivity index (χ2v) is 10.0. The van der Waals surface area contributed by atoms with Gasteiger partial charge in [-0.1, -0.05) is 23.7 Å². The van der Waals surface area contributed by atoms with Crippen molar-refractivity contribution in [1.29, 1.82) is 10.5 Å². The van der Waals surface area contributed by atoms with Crippen LogP contribution in [0.5, 0.6) is 0 Å². The lowest BCUT2D eigenvalue weighted by molar-refractivity contribution is 0.404. The highest BCUT2D eigenvalue weighted by Gasteiger charge is 2.52. The zero-order valence-corrected chi connectivity index (χ0v) is 19.8. The van der Waals surface area contributed by atoms with Gasteiger partial charge in [-0.05, 0) is 56.4 Å². The Hall–Kier alpha value is -3.48. The molecule has 1 fully saturated rings. The molecule has 2 atom stereocenters. The van der Waals surface area contributed by atoms with Crippen molar-refractivity contribution in [3.63, 3.8) is 0 Å². The predicted octanol–water partition coefficient (Wildman–Crippen LogP) is 6.35. The number of pyridine rings is 2. The normalized spacial score (nSPS) is 22.8. The number of halogens is 2. The fourth-order valence-corrected chi connectivity index (χ4v) is 6.02. The molecule has 0 unspecified atom stereocenters. The lowest BCUT2D eigenvalue weighted by Crippen LogP contribution is -2.27. The largest absolute Gasteiger partial charge is 0.369 e. The first-order valence-corrected chi connectivity index (χ1v) is 11.6. The van der Waals surface area contributed by atoms with Gasteiger partial charge in [0.05, 0.1) is 34.7 Å². The maximum Gasteiger partial charge on any atom is 0.140 e. The monoisotopic (exact) mass is 471 g/mol. The van der Waals surface area contributed by atoms with Crippen molar-refractivity contribution in [2.45, 2.75) is 44.9 Å². The summed E-state index contributed by atoms with van der Waals surface area (Å²) >= 11 is 6.98. The van der Waals surface area contributed by atoms with E-state index in [0.717, 1.165) is 29.5 Å². The van der Waals surface area contributed by atoms with Crippen LogP contribution in [0.1, 0.15) is 42.9 Å². The lowest BCUT2D eigenvalue weighted by atomic mass is 9.77. The zero-order chi connectivity index (χ0) is 24.1. The van der Waals surface area contributed by atoms with E-state index in [4.69, 9.17) is 16.9 Å². The van der Waals surface area contributed by atoms with Crippen LogP contribution in [0.3, 0.4) is 0 Å². The van der Waals surface area contributed by atoms with Gasteiger partial charge in [0.2, 0.25) is 0 Å². The smallest absolute Gasteiger partial charge is 0.140 e. The molecule has 170 valence electrons. The Balaban J connectivity index is 1.63. The van der Waals surface area contributed by atoms with Gasteiger partial charge in [-0.25, -0.2) is 9.37 Å². The van der Waals surface area contributed by atoms with Gasteiger partial charge in [0, 0.05) is 46.6 Å². The zero-order valence-electron chi connectivity index (χ0n) is 19.0. The van der Waals surface area contributed by atoms with Crippen molar-refractivity contribution in [3.8, 4) is 34.5 Å². The minimum Gasteiger partial charge on any atom is -0.369 e. The fraction of sp³-hybridized carbons (Fsp3) is 0.333. The molecule has 3 aromatic rings. The van der Waals surface area contributed by atoms with Gasteiger partial charge >= 0.3 is 0 Å². The summed E-state index contributed by atoms with van der Waals surface area (Å²) in [5.41, 5.74) is 3.55. The van der Waals surface area contributed by atoms with E-state index < -0.39 is 11.2 Å². The average Bonchev–Trinajstić information content (AvgIpc) is 3.37. The van der Waals surface area contributed by atoms with Gasteiger partial charge in [0.25, 0.3) is 0 Å². The SMILES string of the molecule is Cc1c(CC#N)ccnc1-c1cccc(-c2cnc3c(c2Cl)[C@]2(CC[C@](C)(C#N)C2)CN3)c1F. The Morgan fingerprint density at radius 3 is 2.68 bits per heavy atom. The molecule has 2 aliphatic rings. The summed E-state index contributed by atoms with van der Waals surface area (Å²) in [6.07, 6.45) is 5.77. The summed E-state index contributed by atoms with van der Waals surface area (Å²) in [5.74, 6) is 0.290. The number of hydrogen-bond donors (Lipinski definition) is 1. The van der Waals surface area contributed by atoms with Crippen LogP contribution in [0.2, 0.25) is 5.02 Å². The number of benzene rings is 1. The lowest BCUT2D eigenvalue weighted by Gasteiger charge is -2.26. The van der Waals surface area contributed by atoms with E-state index in [1.807, 2.05) is 13.8 Å². The number of nitrogens with zero attached hydrogens (tertiary/aromatic N) is 4. The number of hydrogen-bond acceptors (Lipinski definition) is 5. The van der Waals surface area contributed by atoms with E-state index in [0.29, 0.717) is 46.2 Å². The van der Waals surface area contributed by atoms with Crippen LogP contribution < -0.4 is 5.32 Å². The van der Waals surface area contributed by atoms with Crippen molar-refractivity contribution >= 4 is 17.4 Å². The van der Waals surface area contributed by atoms with Crippen molar-refractivity contribution < 1.29 is 4.39 Å². The Labute approximate surface area is 203 Å². The van der Waals surface area contributed by atoms with E-state index in [-0.39, 0.29) is 11.8 Å². The second kappa shape index (κ2) is 8.08. The Kier molecular flexibility index (Phi) is 5.30. The molecule has 1 saturated carbocycles. The van der Waals surface area contributed by atoms with Crippen LogP contribution >= 0.6 is 11.6 Å². The molecule has 7 heteroatoms. The van der Waals surface area contributed by atoms with E-state index in [9.17, 15) is 5.26 Å². The molecule has 5 rings (SSSR count). The Morgan fingerprint density at radius 1 is 1.15 bits per heavy atom. The number of nitriles is 2. The number of anilines is 1. The van der Waals surface area contributed by atoms with Gasteiger partial charge in [0.1, 0.15) is 11.6 Å². The van der Waals surface area contributed by atoms with Gasteiger partial charge in [-0.15, -0.1) is 0 Å². The predicted molar refractivity (Wildman–Crippen MR) is 130 cm³/mol. The second-order valence-electron chi connectivity index (χ2n) is 9.64. The van der Waals surface area contributed by atoms with Crippen LogP contribution in [0.25, 0.3) is 22.4 Å². The summed E-state index contributed by atoms with van der Waals surface area (Å²) in [4.78, 5) is 9.00. The highest BCUT2D eigenvalue weighted by Crippen LogP contribution is 2.57. The summed E-state index contributed by atoms with van der Waals surface area (Å²) in [6, 6.07) is 11.6. The summed E-state index contributed by atoms with van der Waals surface area (Å²) in [6.45, 7) is 4.52. The minimum absolute atomic E-state index is 0.236. The topological polar surface area (TPSA) is 85.4 Å². The molecule has 2 aromatic heterocycles. The standard InChI is InChI=1S/C27H23ClFN5/c1-16-17(6-10-30)7-11-32-24(16)19-5-3-4-18(23(19)29)20-12-33-25-21(22(20)28)27(15-34-25)9-8-26(2,13-27)14-31/h3-5,7,11-12H,6,8-9,13,15H2,1-2H3,(H,33,34)/t26-,27-/m0/s1. The molecular weight excluding hydrogens is 449 g/mol. The molecule has 1 spiro atoms. The van der Waals surface area contributed by atoms with Crippen LogP contribution in [-0.4, -0.2) is 16.5 Å². The van der Waals surface area contributed by atoms with E-state index >= 15 is 4.39 Å². The quantitative estimate of drug-likeness (QED) is 0.480. The van der Waals surface area contributed by atoms with Crippen molar-refractivity contribution in [2.24, 2.45) is 5.41 Å². The Morgan fingerprint density at radius 2 is 1.94 bits per heavy atom. The summed E-state index contributed by atoms with van der Waals surface area (Å²) < 4.78 is 16.0. The third-order valence-electron chi connectivity index (χ3n) is 7.42. The summed E-state index contributed by atoms with van der Waals surface area (Å²) in [5, 5.41) is 22.6. The molecule has 0 radical (unpaired) electrons. The first kappa shape index (κ1) is 22.3. The molecule has 0 bridgehead atoms. The molecule has 1 aliphatic heterocycles. The van der Waals surface area contributed by atoms with Crippen molar-refractivity contribution in [3.05, 3.63) is 64.2 Å². The third-order valence-corrected chi connectivity index (χ3v) is 7.82. The van der Waals surface area contributed by atoms with Crippen LogP contribution in [0.15, 0.2) is 36.7 Å². The maximum atomic E-state index is 16.0. The maximum absolute atomic E-state index is 16.0. The van der Waals surface area contributed by atoms with E-state index in [1.165, 1.54) is 0 Å². The number of nitrogens with one attached hydrogen (secondary N) is 1. The molecule has 0 saturated heterocycles. The van der Waals surface area contributed by atoms with E-state index in [2.05, 4.69) is 27.4 Å². The fourth-order valence-electron chi connectivity index (χ4n) is 5.58. The van der Waals surface area contributed by atoms with Gasteiger partial charge in [0.15, 0.2) is 0 Å². The molecule has 1 N–H and O–H groups in total. The van der Waals surface area contributed by atoms with Gasteiger partial charge in [-0.3, -0.25) is 4.98 Å². The minimum atomic E-state index is -0.427. The van der Waals surface area contributed by atoms with Crippen LogP contribution in [0.4, 0.5) is 10.2 Å². The molecule has 1 aliphatic carbocycles. The van der Waals surface area contributed by atoms with Crippen LogP contribution in [-0.2, 0) is 11.8 Å². The van der Waals surface area contributed by atoms with E-state index in [1.54, 1.807) is 36.7 Å². The van der Waals surface area contributed by atoms with Crippen LogP contribution in [0, 0.1) is 40.8 Å². The average molecular weight is 472 g/mol. The number of rotatable bonds is 3. The van der Waals surface area contributed by atoms with Gasteiger partial charge < -0.3 is 5.32 Å². The number of fused-ring (bicyclic) bond motifs is 2. The third kappa shape index (κ3) is 3.33. The molecule has 5 nitrogen and oxygen atoms in total.